The lowest BCUT2D eigenvalue weighted by molar-refractivity contribution is -0.156. The second-order valence-corrected chi connectivity index (χ2v) is 8.86. The monoisotopic (exact) mass is 470 g/mol. The number of phenolic OH excluding ortho intramolecular Hbond substituents is 1. The van der Waals surface area contributed by atoms with Crippen molar-refractivity contribution in [2.45, 2.75) is 24.5 Å². The number of nitrogens with zero attached hydrogens (tertiary/aromatic N) is 2. The van der Waals surface area contributed by atoms with Crippen molar-refractivity contribution < 1.29 is 39.2 Å². The molecule has 180 valence electrons. The highest BCUT2D eigenvalue weighted by Gasteiger charge is 2.66. The molecule has 3 aliphatic carbocycles. The van der Waals surface area contributed by atoms with E-state index < -0.39 is 52.7 Å². The predicted octanol–water partition coefficient (Wildman–Crippen LogP) is 1.97. The molecule has 0 spiro atoms. The molecule has 10 nitrogen and oxygen atoms in total. The lowest BCUT2D eigenvalue weighted by Gasteiger charge is -2.51. The van der Waals surface area contributed by atoms with Gasteiger partial charge in [-0.2, -0.15) is 0 Å². The molecule has 4 rings (SSSR count). The number of likely N-dealkylation sites (N-methyl/N-ethyl adjacent to an activating group) is 1. The maximum Gasteiger partial charge on any atom is 0.509 e. The summed E-state index contributed by atoms with van der Waals surface area (Å²) < 4.78 is 10.2. The van der Waals surface area contributed by atoms with E-state index in [1.54, 1.807) is 31.1 Å². The van der Waals surface area contributed by atoms with Crippen molar-refractivity contribution in [3.05, 3.63) is 46.2 Å². The summed E-state index contributed by atoms with van der Waals surface area (Å²) in [5.74, 6) is -4.27. The van der Waals surface area contributed by atoms with Crippen LogP contribution >= 0.6 is 0 Å². The van der Waals surface area contributed by atoms with E-state index in [0.29, 0.717) is 12.0 Å². The van der Waals surface area contributed by atoms with Gasteiger partial charge in [0.25, 0.3) is 0 Å². The molecule has 3 aliphatic rings. The van der Waals surface area contributed by atoms with Crippen LogP contribution in [0.2, 0.25) is 0 Å². The van der Waals surface area contributed by atoms with Gasteiger partial charge in [0, 0.05) is 24.8 Å². The highest BCUT2D eigenvalue weighted by molar-refractivity contribution is 6.21. The van der Waals surface area contributed by atoms with Crippen molar-refractivity contribution in [1.82, 2.24) is 4.90 Å². The number of methoxy groups -OCH3 is 1. The minimum absolute atomic E-state index is 0.0830. The van der Waals surface area contributed by atoms with Gasteiger partial charge in [0.15, 0.2) is 11.5 Å². The number of ketones is 2. The van der Waals surface area contributed by atoms with Gasteiger partial charge < -0.3 is 24.8 Å². The summed E-state index contributed by atoms with van der Waals surface area (Å²) >= 11 is 0. The van der Waals surface area contributed by atoms with Gasteiger partial charge in [-0.3, -0.25) is 19.5 Å². The van der Waals surface area contributed by atoms with Crippen LogP contribution in [-0.2, 0) is 25.5 Å². The number of hydrogen-bond acceptors (Lipinski definition) is 10. The van der Waals surface area contributed by atoms with Crippen LogP contribution in [0, 0.1) is 11.8 Å². The van der Waals surface area contributed by atoms with Crippen LogP contribution < -0.4 is 0 Å². The van der Waals surface area contributed by atoms with E-state index in [0.717, 1.165) is 13.3 Å². The zero-order chi connectivity index (χ0) is 24.9. The molecule has 1 fully saturated rings. The quantitative estimate of drug-likeness (QED) is 0.446. The molecule has 0 saturated heterocycles. The Bertz CT molecular complexity index is 1180. The van der Waals surface area contributed by atoms with Gasteiger partial charge in [-0.05, 0) is 44.5 Å². The number of aliphatic hydroxyl groups excluding tert-OH is 2. The topological polar surface area (TPSA) is 146 Å². The fraction of sp³-hybridized carbons (Fsp3) is 0.417. The Kier molecular flexibility index (Phi) is 5.72. The first-order valence-electron chi connectivity index (χ1n) is 10.7. The molecule has 0 aromatic heterocycles. The van der Waals surface area contributed by atoms with Crippen LogP contribution in [-0.4, -0.2) is 84.1 Å². The van der Waals surface area contributed by atoms with Crippen molar-refractivity contribution in [3.8, 4) is 5.75 Å². The summed E-state index contributed by atoms with van der Waals surface area (Å²) in [6.45, 7) is 0. The van der Waals surface area contributed by atoms with E-state index in [1.807, 2.05) is 0 Å². The highest BCUT2D eigenvalue weighted by atomic mass is 16.7. The largest absolute Gasteiger partial charge is 0.509 e. The van der Waals surface area contributed by atoms with Crippen LogP contribution in [0.3, 0.4) is 0 Å². The fourth-order valence-corrected chi connectivity index (χ4v) is 5.55. The van der Waals surface area contributed by atoms with Crippen LogP contribution in [0.5, 0.6) is 5.75 Å². The van der Waals surface area contributed by atoms with Crippen LogP contribution in [0.1, 0.15) is 17.5 Å². The molecule has 0 radical (unpaired) electrons. The first-order chi connectivity index (χ1) is 16.1. The van der Waals surface area contributed by atoms with Gasteiger partial charge in [0.2, 0.25) is 11.4 Å². The highest BCUT2D eigenvalue weighted by Crippen LogP contribution is 2.54. The number of benzene rings is 1. The van der Waals surface area contributed by atoms with Crippen molar-refractivity contribution in [1.29, 1.82) is 0 Å². The number of aliphatic imine (C=N–C) groups is 1. The molecule has 3 N–H and O–H groups in total. The third-order valence-electron chi connectivity index (χ3n) is 6.89. The number of carbonyl (C=O) groups excluding carboxylic acids is 3. The minimum Gasteiger partial charge on any atom is -0.507 e. The minimum atomic E-state index is -2.33. The van der Waals surface area contributed by atoms with Gasteiger partial charge in [0.05, 0.1) is 24.3 Å². The number of phenols is 1. The second kappa shape index (κ2) is 8.28. The van der Waals surface area contributed by atoms with Gasteiger partial charge in [-0.25, -0.2) is 4.79 Å². The number of rotatable bonds is 3. The Morgan fingerprint density at radius 2 is 1.94 bits per heavy atom. The molecule has 1 aromatic rings. The average molecular weight is 470 g/mol. The standard InChI is InChI=1S/C24H26N2O8/c1-25-10-13-19(28)18(26(2)3)14-9-12-8-11-6-5-7-15(27)16(11)20(29)17(12)22(31)24(14,21(13)30)34-23(32)33-4/h5-7,10,12,14,18,27,29-30H,8-9H2,1-4H3/t12-,14-,18?,24?/m0/s1. The summed E-state index contributed by atoms with van der Waals surface area (Å²) in [6.07, 6.45) is 0.318. The first kappa shape index (κ1) is 23.5. The third kappa shape index (κ3) is 3.12. The summed E-state index contributed by atoms with van der Waals surface area (Å²) in [6, 6.07) is 3.83. The molecule has 0 heterocycles. The molecule has 34 heavy (non-hydrogen) atoms. The molecule has 1 aromatic carbocycles. The lowest BCUT2D eigenvalue weighted by Crippen LogP contribution is -2.66. The van der Waals surface area contributed by atoms with Gasteiger partial charge in [-0.1, -0.05) is 12.1 Å². The first-order valence-corrected chi connectivity index (χ1v) is 10.7. The number of carbonyl (C=O) groups is 3. The Hall–Kier alpha value is -3.66. The number of hydrogen-bond donors (Lipinski definition) is 3. The maximum absolute atomic E-state index is 14.1. The summed E-state index contributed by atoms with van der Waals surface area (Å²) in [5, 5.41) is 32.8. The van der Waals surface area contributed by atoms with E-state index in [2.05, 4.69) is 9.73 Å². The number of aliphatic hydroxyl groups is 2. The van der Waals surface area contributed by atoms with E-state index in [4.69, 9.17) is 4.74 Å². The Labute approximate surface area is 195 Å². The van der Waals surface area contributed by atoms with E-state index >= 15 is 0 Å². The molecule has 10 heteroatoms. The van der Waals surface area contributed by atoms with Gasteiger partial charge in [0.1, 0.15) is 11.5 Å². The molecule has 0 amide bonds. The smallest absolute Gasteiger partial charge is 0.507 e. The molecule has 4 atom stereocenters. The zero-order valence-electron chi connectivity index (χ0n) is 19.2. The Morgan fingerprint density at radius 1 is 1.24 bits per heavy atom. The van der Waals surface area contributed by atoms with E-state index in [-0.39, 0.29) is 28.9 Å². The fourth-order valence-electron chi connectivity index (χ4n) is 5.55. The molecular formula is C24H26N2O8. The van der Waals surface area contributed by atoms with Crippen molar-refractivity contribution in [2.75, 3.05) is 28.3 Å². The molecular weight excluding hydrogens is 444 g/mol. The molecule has 0 bridgehead atoms. The molecule has 1 saturated carbocycles. The van der Waals surface area contributed by atoms with E-state index in [1.165, 1.54) is 13.1 Å². The summed E-state index contributed by atoms with van der Waals surface area (Å²) in [7, 11) is 5.75. The maximum atomic E-state index is 14.1. The van der Waals surface area contributed by atoms with Gasteiger partial charge >= 0.3 is 6.16 Å². The van der Waals surface area contributed by atoms with Crippen LogP contribution in [0.15, 0.2) is 40.1 Å². The Balaban J connectivity index is 2.04. The lowest BCUT2D eigenvalue weighted by atomic mass is 9.57. The number of aromatic hydroxyl groups is 1. The predicted molar refractivity (Wildman–Crippen MR) is 121 cm³/mol. The number of fused-ring (bicyclic) bond motifs is 3. The van der Waals surface area contributed by atoms with Crippen molar-refractivity contribution in [2.24, 2.45) is 16.8 Å². The second-order valence-electron chi connectivity index (χ2n) is 8.86. The van der Waals surface area contributed by atoms with Crippen molar-refractivity contribution >= 4 is 29.7 Å². The number of ether oxygens (including phenoxy) is 2. The van der Waals surface area contributed by atoms with Crippen molar-refractivity contribution in [3.63, 3.8) is 0 Å². The summed E-state index contributed by atoms with van der Waals surface area (Å²) in [4.78, 5) is 45.3. The average Bonchev–Trinajstić information content (AvgIpc) is 2.78. The molecule has 2 unspecified atom stereocenters. The van der Waals surface area contributed by atoms with E-state index in [9.17, 15) is 29.7 Å². The SMILES string of the molecule is CN=CC1=C(O)C2(OC(=O)OC)C(=O)C3=C(O)c4c(O)cccc4C[C@H]3C[C@H]2C(N(C)C)C1=O. The Morgan fingerprint density at radius 3 is 2.56 bits per heavy atom. The third-order valence-corrected chi connectivity index (χ3v) is 6.89. The molecule has 0 aliphatic heterocycles. The van der Waals surface area contributed by atoms with Gasteiger partial charge in [-0.15, -0.1) is 0 Å². The normalized spacial score (nSPS) is 28.7. The van der Waals surface area contributed by atoms with Crippen LogP contribution in [0.4, 0.5) is 4.79 Å². The number of Topliss-reactive ketones (excluding diaryl/α,β-unsaturated/α-hetero) is 2. The van der Waals surface area contributed by atoms with Crippen LogP contribution in [0.25, 0.3) is 5.76 Å². The summed E-state index contributed by atoms with van der Waals surface area (Å²) in [5.41, 5.74) is -1.92. The zero-order valence-corrected chi connectivity index (χ0v) is 19.2.